The summed E-state index contributed by atoms with van der Waals surface area (Å²) in [5, 5.41) is 7.13. The largest absolute Gasteiger partial charge is 0.478 e. The van der Waals surface area contributed by atoms with Crippen molar-refractivity contribution in [1.82, 2.24) is 15.3 Å². The van der Waals surface area contributed by atoms with Crippen LogP contribution in [0.5, 0.6) is 5.75 Å². The molecule has 4 aromatic rings. The van der Waals surface area contributed by atoms with E-state index in [0.717, 1.165) is 33.7 Å². The lowest BCUT2D eigenvalue weighted by atomic mass is 10.1. The van der Waals surface area contributed by atoms with Crippen molar-refractivity contribution in [3.63, 3.8) is 0 Å². The molecule has 1 aromatic heterocycles. The predicted octanol–water partition coefficient (Wildman–Crippen LogP) is 6.52. The molecule has 6 nitrogen and oxygen atoms in total. The van der Waals surface area contributed by atoms with E-state index in [1.807, 2.05) is 43.3 Å². The highest BCUT2D eigenvalue weighted by Crippen LogP contribution is 2.26. The molecule has 0 bridgehead atoms. The van der Waals surface area contributed by atoms with Crippen LogP contribution in [0.15, 0.2) is 60.7 Å². The average molecular weight is 513 g/mol. The standard InChI is InChI=1S/C25H22Cl2N4O2S/c1-14-12-20-21(13-19(14)27)30-22(29-20)15-4-8-17(9-5-15)28-24(34)31-23(32)25(2,3)33-18-10-6-16(26)7-11-18/h4-13H,1-3H3,(H,29,30)(H2,28,31,32,34). The number of aryl methyl sites for hydroxylation is 1. The fourth-order valence-electron chi connectivity index (χ4n) is 3.25. The number of rotatable bonds is 5. The molecule has 0 unspecified atom stereocenters. The van der Waals surface area contributed by atoms with Crippen molar-refractivity contribution >= 4 is 63.2 Å². The van der Waals surface area contributed by atoms with Gasteiger partial charge in [-0.2, -0.15) is 0 Å². The number of carbonyl (C=O) groups excluding carboxylic acids is 1. The molecule has 0 aliphatic carbocycles. The van der Waals surface area contributed by atoms with Crippen molar-refractivity contribution in [2.24, 2.45) is 0 Å². The zero-order valence-electron chi connectivity index (χ0n) is 18.7. The van der Waals surface area contributed by atoms with Gasteiger partial charge in [0.05, 0.1) is 11.0 Å². The van der Waals surface area contributed by atoms with Crippen molar-refractivity contribution in [2.45, 2.75) is 26.4 Å². The van der Waals surface area contributed by atoms with Gasteiger partial charge < -0.3 is 15.0 Å². The minimum Gasteiger partial charge on any atom is -0.478 e. The number of aromatic nitrogens is 2. The topological polar surface area (TPSA) is 79.0 Å². The van der Waals surface area contributed by atoms with E-state index in [1.165, 1.54) is 0 Å². The van der Waals surface area contributed by atoms with Crippen molar-refractivity contribution in [1.29, 1.82) is 0 Å². The second-order valence-corrected chi connectivity index (χ2v) is 9.51. The number of halogens is 2. The summed E-state index contributed by atoms with van der Waals surface area (Å²) < 4.78 is 5.80. The number of hydrogen-bond donors (Lipinski definition) is 3. The zero-order chi connectivity index (χ0) is 24.5. The maximum absolute atomic E-state index is 12.7. The second kappa shape index (κ2) is 9.62. The van der Waals surface area contributed by atoms with Gasteiger partial charge in [-0.05, 0) is 99.2 Å². The third-order valence-electron chi connectivity index (χ3n) is 5.14. The number of anilines is 1. The number of carbonyl (C=O) groups is 1. The summed E-state index contributed by atoms with van der Waals surface area (Å²) in [6.45, 7) is 5.28. The summed E-state index contributed by atoms with van der Waals surface area (Å²) >= 11 is 17.4. The highest BCUT2D eigenvalue weighted by Gasteiger charge is 2.30. The Morgan fingerprint density at radius 3 is 2.41 bits per heavy atom. The third kappa shape index (κ3) is 5.50. The van der Waals surface area contributed by atoms with Crippen LogP contribution >= 0.6 is 35.4 Å². The lowest BCUT2D eigenvalue weighted by molar-refractivity contribution is -0.132. The Hall–Kier alpha value is -3.13. The molecule has 3 N–H and O–H groups in total. The molecule has 0 spiro atoms. The molecular formula is C25H22Cl2N4O2S. The van der Waals surface area contributed by atoms with E-state index >= 15 is 0 Å². The highest BCUT2D eigenvalue weighted by atomic mass is 35.5. The number of H-pyrrole nitrogens is 1. The number of hydrogen-bond acceptors (Lipinski definition) is 4. The molecule has 0 atom stereocenters. The van der Waals surface area contributed by atoms with Crippen LogP contribution in [-0.2, 0) is 4.79 Å². The van der Waals surface area contributed by atoms with E-state index < -0.39 is 5.60 Å². The Bertz CT molecular complexity index is 1330. The average Bonchev–Trinajstić information content (AvgIpc) is 3.18. The zero-order valence-corrected chi connectivity index (χ0v) is 21.0. The van der Waals surface area contributed by atoms with Crippen molar-refractivity contribution in [3.8, 4) is 17.1 Å². The first-order chi connectivity index (χ1) is 16.1. The predicted molar refractivity (Wildman–Crippen MR) is 142 cm³/mol. The summed E-state index contributed by atoms with van der Waals surface area (Å²) in [7, 11) is 0. The van der Waals surface area contributed by atoms with Gasteiger partial charge in [-0.25, -0.2) is 4.98 Å². The molecule has 0 aliphatic rings. The quantitative estimate of drug-likeness (QED) is 0.265. The molecule has 34 heavy (non-hydrogen) atoms. The molecule has 1 heterocycles. The number of amides is 1. The molecule has 0 fully saturated rings. The Kier molecular flexibility index (Phi) is 6.79. The van der Waals surface area contributed by atoms with Gasteiger partial charge in [-0.15, -0.1) is 0 Å². The number of thiocarbonyl (C=S) groups is 1. The van der Waals surface area contributed by atoms with Crippen LogP contribution in [0.4, 0.5) is 5.69 Å². The molecule has 0 aliphatic heterocycles. The van der Waals surface area contributed by atoms with Gasteiger partial charge >= 0.3 is 0 Å². The Balaban J connectivity index is 1.38. The lowest BCUT2D eigenvalue weighted by Crippen LogP contribution is -2.49. The number of aromatic amines is 1. The van der Waals surface area contributed by atoms with E-state index in [-0.39, 0.29) is 11.0 Å². The van der Waals surface area contributed by atoms with Gasteiger partial charge in [-0.1, -0.05) is 23.2 Å². The fraction of sp³-hybridized carbons (Fsp3) is 0.160. The molecule has 0 saturated carbocycles. The van der Waals surface area contributed by atoms with Crippen molar-refractivity contribution < 1.29 is 9.53 Å². The maximum atomic E-state index is 12.7. The van der Waals surface area contributed by atoms with Gasteiger partial charge in [0.2, 0.25) is 0 Å². The summed E-state index contributed by atoms with van der Waals surface area (Å²) in [6.07, 6.45) is 0. The molecule has 9 heteroatoms. The molecule has 1 amide bonds. The van der Waals surface area contributed by atoms with Gasteiger partial charge in [0, 0.05) is 21.3 Å². The number of fused-ring (bicyclic) bond motifs is 1. The van der Waals surface area contributed by atoms with E-state index in [0.29, 0.717) is 15.8 Å². The van der Waals surface area contributed by atoms with Gasteiger partial charge in [-0.3, -0.25) is 10.1 Å². The monoisotopic (exact) mass is 512 g/mol. The van der Waals surface area contributed by atoms with Crippen LogP contribution < -0.4 is 15.4 Å². The van der Waals surface area contributed by atoms with E-state index in [1.54, 1.807) is 38.1 Å². The van der Waals surface area contributed by atoms with Crippen LogP contribution in [0.1, 0.15) is 19.4 Å². The lowest BCUT2D eigenvalue weighted by Gasteiger charge is -2.25. The molecule has 3 aromatic carbocycles. The maximum Gasteiger partial charge on any atom is 0.269 e. The van der Waals surface area contributed by atoms with Gasteiger partial charge in [0.15, 0.2) is 10.7 Å². The second-order valence-electron chi connectivity index (χ2n) is 8.26. The first-order valence-electron chi connectivity index (χ1n) is 10.4. The Labute approximate surface area is 212 Å². The Morgan fingerprint density at radius 1 is 1.06 bits per heavy atom. The number of benzene rings is 3. The summed E-state index contributed by atoms with van der Waals surface area (Å²) in [4.78, 5) is 20.6. The summed E-state index contributed by atoms with van der Waals surface area (Å²) in [5.41, 5.74) is 3.20. The fourth-order valence-corrected chi connectivity index (χ4v) is 3.74. The highest BCUT2D eigenvalue weighted by molar-refractivity contribution is 7.80. The van der Waals surface area contributed by atoms with E-state index in [2.05, 4.69) is 20.6 Å². The number of nitrogens with zero attached hydrogens (tertiary/aromatic N) is 1. The van der Waals surface area contributed by atoms with Gasteiger partial charge in [0.25, 0.3) is 5.91 Å². The number of imidazole rings is 1. The van der Waals surface area contributed by atoms with Crippen LogP contribution in [0, 0.1) is 6.92 Å². The smallest absolute Gasteiger partial charge is 0.269 e. The number of nitrogens with one attached hydrogen (secondary N) is 3. The van der Waals surface area contributed by atoms with Crippen LogP contribution in [0.2, 0.25) is 10.0 Å². The first kappa shape index (κ1) is 24.0. The van der Waals surface area contributed by atoms with Crippen LogP contribution in [0.25, 0.3) is 22.4 Å². The minimum absolute atomic E-state index is 0.166. The molecule has 174 valence electrons. The molecule has 0 radical (unpaired) electrons. The van der Waals surface area contributed by atoms with E-state index in [4.69, 9.17) is 40.2 Å². The van der Waals surface area contributed by atoms with Crippen molar-refractivity contribution in [2.75, 3.05) is 5.32 Å². The minimum atomic E-state index is -1.15. The van der Waals surface area contributed by atoms with E-state index in [9.17, 15) is 4.79 Å². The van der Waals surface area contributed by atoms with Gasteiger partial charge in [0.1, 0.15) is 11.6 Å². The Morgan fingerprint density at radius 2 is 1.74 bits per heavy atom. The molecule has 0 saturated heterocycles. The summed E-state index contributed by atoms with van der Waals surface area (Å²) in [6, 6.07) is 18.2. The first-order valence-corrected chi connectivity index (χ1v) is 11.6. The third-order valence-corrected chi connectivity index (χ3v) is 6.00. The van der Waals surface area contributed by atoms with Crippen molar-refractivity contribution in [3.05, 3.63) is 76.3 Å². The number of ether oxygens (including phenoxy) is 1. The SMILES string of the molecule is Cc1cc2[nH]c(-c3ccc(NC(=S)NC(=O)C(C)(C)Oc4ccc(Cl)cc4)cc3)nc2cc1Cl. The normalized spacial score (nSPS) is 11.3. The van der Waals surface area contributed by atoms with Crippen LogP contribution in [-0.4, -0.2) is 26.6 Å². The molecule has 4 rings (SSSR count). The van der Waals surface area contributed by atoms with Crippen LogP contribution in [0.3, 0.4) is 0 Å². The molecular weight excluding hydrogens is 491 g/mol. The summed E-state index contributed by atoms with van der Waals surface area (Å²) in [5.74, 6) is 0.884.